The molecule has 0 aliphatic heterocycles. The maximum atomic E-state index is 11.8. The van der Waals surface area contributed by atoms with Crippen molar-refractivity contribution in [1.29, 1.82) is 0 Å². The molecule has 3 nitrogen and oxygen atoms in total. The van der Waals surface area contributed by atoms with Gasteiger partial charge in [-0.2, -0.15) is 0 Å². The summed E-state index contributed by atoms with van der Waals surface area (Å²) in [5.41, 5.74) is 0.411. The molecule has 98 valence electrons. The third-order valence-corrected chi connectivity index (χ3v) is 3.72. The molecule has 19 heavy (non-hydrogen) atoms. The smallest absolute Gasteiger partial charge is 0.254 e. The molecule has 1 heterocycles. The van der Waals surface area contributed by atoms with Gasteiger partial charge < -0.3 is 5.32 Å². The van der Waals surface area contributed by atoms with Gasteiger partial charge in [0, 0.05) is 23.4 Å². The summed E-state index contributed by atoms with van der Waals surface area (Å²) in [6.07, 6.45) is 1.56. The minimum atomic E-state index is -0.188. The van der Waals surface area contributed by atoms with Gasteiger partial charge in [0.05, 0.1) is 5.56 Å². The Balaban J connectivity index is 1.77. The molecule has 0 bridgehead atoms. The molecule has 0 saturated carbocycles. The Morgan fingerprint density at radius 2 is 2.00 bits per heavy atom. The number of nitrogens with one attached hydrogen (secondary N) is 1. The molecule has 1 N–H and O–H groups in total. The number of pyridine rings is 1. The summed E-state index contributed by atoms with van der Waals surface area (Å²) in [5, 5.41) is 3.06. The number of amides is 1. The van der Waals surface area contributed by atoms with Crippen LogP contribution in [0, 0.1) is 0 Å². The van der Waals surface area contributed by atoms with E-state index in [1.807, 2.05) is 30.3 Å². The second-order valence-electron chi connectivity index (χ2n) is 3.76. The van der Waals surface area contributed by atoms with E-state index in [9.17, 15) is 4.79 Å². The summed E-state index contributed by atoms with van der Waals surface area (Å²) < 4.78 is 0. The maximum Gasteiger partial charge on any atom is 0.254 e. The predicted molar refractivity (Wildman–Crippen MR) is 78.7 cm³/mol. The number of carbonyl (C=O) groups excluding carboxylic acids is 1. The van der Waals surface area contributed by atoms with Crippen LogP contribution in [-0.4, -0.2) is 23.2 Å². The molecule has 0 radical (unpaired) electrons. The van der Waals surface area contributed by atoms with Crippen LogP contribution in [0.15, 0.2) is 53.6 Å². The maximum absolute atomic E-state index is 11.8. The van der Waals surface area contributed by atoms with Crippen molar-refractivity contribution in [2.75, 3.05) is 12.3 Å². The molecule has 0 atom stereocenters. The van der Waals surface area contributed by atoms with E-state index in [1.54, 1.807) is 30.1 Å². The van der Waals surface area contributed by atoms with Gasteiger partial charge in [0.25, 0.3) is 5.91 Å². The zero-order valence-corrected chi connectivity index (χ0v) is 11.7. The average molecular weight is 293 g/mol. The van der Waals surface area contributed by atoms with Gasteiger partial charge in [-0.05, 0) is 24.3 Å². The van der Waals surface area contributed by atoms with Crippen LogP contribution in [0.2, 0.25) is 5.15 Å². The van der Waals surface area contributed by atoms with E-state index >= 15 is 0 Å². The lowest BCUT2D eigenvalue weighted by atomic mass is 10.3. The van der Waals surface area contributed by atoms with Gasteiger partial charge in [0.15, 0.2) is 0 Å². The number of aromatic nitrogens is 1. The Morgan fingerprint density at radius 3 is 2.74 bits per heavy atom. The van der Waals surface area contributed by atoms with Crippen molar-refractivity contribution in [3.05, 3.63) is 59.4 Å². The van der Waals surface area contributed by atoms with Crippen molar-refractivity contribution in [2.45, 2.75) is 4.90 Å². The third kappa shape index (κ3) is 4.26. The van der Waals surface area contributed by atoms with Crippen molar-refractivity contribution in [2.24, 2.45) is 0 Å². The number of nitrogens with zero attached hydrogens (tertiary/aromatic N) is 1. The molecule has 0 aliphatic rings. The molecule has 0 spiro atoms. The quantitative estimate of drug-likeness (QED) is 0.522. The highest BCUT2D eigenvalue weighted by molar-refractivity contribution is 7.99. The number of halogens is 1. The molecule has 0 aliphatic carbocycles. The second-order valence-corrected chi connectivity index (χ2v) is 5.29. The lowest BCUT2D eigenvalue weighted by molar-refractivity contribution is 0.0956. The van der Waals surface area contributed by atoms with Crippen LogP contribution in [0.5, 0.6) is 0 Å². The summed E-state index contributed by atoms with van der Waals surface area (Å²) in [5.74, 6) is 0.625. The van der Waals surface area contributed by atoms with Gasteiger partial charge in [-0.3, -0.25) is 4.79 Å². The molecule has 0 saturated heterocycles. The first kappa shape index (κ1) is 13.9. The van der Waals surface area contributed by atoms with Gasteiger partial charge in [-0.1, -0.05) is 29.8 Å². The van der Waals surface area contributed by atoms with Crippen molar-refractivity contribution in [3.63, 3.8) is 0 Å². The first-order valence-corrected chi connectivity index (χ1v) is 7.20. The summed E-state index contributed by atoms with van der Waals surface area (Å²) in [4.78, 5) is 16.9. The van der Waals surface area contributed by atoms with Crippen molar-refractivity contribution >= 4 is 29.3 Å². The minimum Gasteiger partial charge on any atom is -0.351 e. The fourth-order valence-electron chi connectivity index (χ4n) is 1.50. The molecule has 2 rings (SSSR count). The fraction of sp³-hybridized carbons (Fsp3) is 0.143. The standard InChI is InChI=1S/C14H13ClN2OS/c15-13-12(7-4-8-16-13)14(18)17-9-10-19-11-5-2-1-3-6-11/h1-8H,9-10H2,(H,17,18). The number of hydrogen-bond donors (Lipinski definition) is 1. The SMILES string of the molecule is O=C(NCCSc1ccccc1)c1cccnc1Cl. The molecule has 1 amide bonds. The summed E-state index contributed by atoms with van der Waals surface area (Å²) in [6.45, 7) is 0.587. The lowest BCUT2D eigenvalue weighted by Crippen LogP contribution is -2.26. The van der Waals surface area contributed by atoms with E-state index < -0.39 is 0 Å². The van der Waals surface area contributed by atoms with Crippen molar-refractivity contribution < 1.29 is 4.79 Å². The highest BCUT2D eigenvalue weighted by atomic mass is 35.5. The zero-order valence-electron chi connectivity index (χ0n) is 10.2. The van der Waals surface area contributed by atoms with Gasteiger partial charge in [-0.25, -0.2) is 4.98 Å². The monoisotopic (exact) mass is 292 g/mol. The largest absolute Gasteiger partial charge is 0.351 e. The Hall–Kier alpha value is -1.52. The van der Waals surface area contributed by atoms with Crippen LogP contribution in [0.3, 0.4) is 0 Å². The van der Waals surface area contributed by atoms with E-state index in [2.05, 4.69) is 10.3 Å². The molecule has 0 fully saturated rings. The number of benzene rings is 1. The molecule has 1 aromatic carbocycles. The van der Waals surface area contributed by atoms with Crippen molar-refractivity contribution in [3.8, 4) is 0 Å². The van der Waals surface area contributed by atoms with E-state index in [1.165, 1.54) is 4.90 Å². The van der Waals surface area contributed by atoms with E-state index in [4.69, 9.17) is 11.6 Å². The Kier molecular flexibility index (Phi) is 5.24. The van der Waals surface area contributed by atoms with Gasteiger partial charge >= 0.3 is 0 Å². The van der Waals surface area contributed by atoms with Gasteiger partial charge in [0.2, 0.25) is 0 Å². The normalized spacial score (nSPS) is 10.2. The van der Waals surface area contributed by atoms with Gasteiger partial charge in [-0.15, -0.1) is 11.8 Å². The minimum absolute atomic E-state index is 0.188. The first-order valence-electron chi connectivity index (χ1n) is 5.84. The molecular formula is C14H13ClN2OS. The molecule has 5 heteroatoms. The summed E-state index contributed by atoms with van der Waals surface area (Å²) in [7, 11) is 0. The van der Waals surface area contributed by atoms with E-state index in [-0.39, 0.29) is 11.1 Å². The van der Waals surface area contributed by atoms with Crippen LogP contribution < -0.4 is 5.32 Å². The first-order chi connectivity index (χ1) is 9.27. The predicted octanol–water partition coefficient (Wildman–Crippen LogP) is 3.26. The lowest BCUT2D eigenvalue weighted by Gasteiger charge is -2.06. The van der Waals surface area contributed by atoms with Gasteiger partial charge in [0.1, 0.15) is 5.15 Å². The molecular weight excluding hydrogens is 280 g/mol. The number of rotatable bonds is 5. The van der Waals surface area contributed by atoms with Crippen LogP contribution in [-0.2, 0) is 0 Å². The van der Waals surface area contributed by atoms with Crippen LogP contribution >= 0.6 is 23.4 Å². The van der Waals surface area contributed by atoms with Crippen LogP contribution in [0.4, 0.5) is 0 Å². The average Bonchev–Trinajstić information content (AvgIpc) is 2.45. The number of thioether (sulfide) groups is 1. The topological polar surface area (TPSA) is 42.0 Å². The molecule has 2 aromatic rings. The van der Waals surface area contributed by atoms with Crippen molar-refractivity contribution in [1.82, 2.24) is 10.3 Å². The highest BCUT2D eigenvalue weighted by Gasteiger charge is 2.09. The third-order valence-electron chi connectivity index (χ3n) is 2.40. The molecule has 1 aromatic heterocycles. The van der Waals surface area contributed by atoms with E-state index in [0.717, 1.165) is 5.75 Å². The summed E-state index contributed by atoms with van der Waals surface area (Å²) >= 11 is 7.55. The second kappa shape index (κ2) is 7.16. The zero-order chi connectivity index (χ0) is 13.5. The van der Waals surface area contributed by atoms with Crippen LogP contribution in [0.25, 0.3) is 0 Å². The fourth-order valence-corrected chi connectivity index (χ4v) is 2.50. The number of carbonyl (C=O) groups is 1. The van der Waals surface area contributed by atoms with E-state index in [0.29, 0.717) is 12.1 Å². The highest BCUT2D eigenvalue weighted by Crippen LogP contribution is 2.16. The summed E-state index contributed by atoms with van der Waals surface area (Å²) in [6, 6.07) is 13.4. The Morgan fingerprint density at radius 1 is 1.21 bits per heavy atom. The number of hydrogen-bond acceptors (Lipinski definition) is 3. The molecule has 0 unspecified atom stereocenters. The Bertz CT molecular complexity index is 548. The van der Waals surface area contributed by atoms with Crippen LogP contribution in [0.1, 0.15) is 10.4 Å². The Labute approximate surface area is 121 Å².